The zero-order valence-corrected chi connectivity index (χ0v) is 13.2. The monoisotopic (exact) mass is 268 g/mol. The molecule has 5 heteroatoms. The summed E-state index contributed by atoms with van der Waals surface area (Å²) in [5.74, 6) is 1.92. The molecule has 0 spiro atoms. The van der Waals surface area contributed by atoms with Crippen molar-refractivity contribution in [3.63, 3.8) is 0 Å². The first-order chi connectivity index (χ1) is 8.35. The van der Waals surface area contributed by atoms with Crippen LogP contribution in [0.25, 0.3) is 0 Å². The minimum Gasteiger partial charge on any atom is -0.409 e. The van der Waals surface area contributed by atoms with Crippen molar-refractivity contribution in [2.45, 2.75) is 45.5 Å². The third-order valence-corrected chi connectivity index (χ3v) is 3.80. The van der Waals surface area contributed by atoms with Crippen molar-refractivity contribution in [3.8, 4) is 0 Å². The van der Waals surface area contributed by atoms with Gasteiger partial charge in [0, 0.05) is 0 Å². The van der Waals surface area contributed by atoms with E-state index in [4.69, 9.17) is 13.7 Å². The van der Waals surface area contributed by atoms with Crippen molar-refractivity contribution in [1.29, 1.82) is 0 Å². The molecule has 1 unspecified atom stereocenters. The zero-order chi connectivity index (χ0) is 13.6. The maximum Gasteiger partial charge on any atom is 0.486 e. The Morgan fingerprint density at radius 2 is 1.83 bits per heavy atom. The molecule has 3 nitrogen and oxygen atoms in total. The van der Waals surface area contributed by atoms with E-state index in [-0.39, 0.29) is 12.7 Å². The first-order valence-electron chi connectivity index (χ1n) is 6.64. The van der Waals surface area contributed by atoms with Gasteiger partial charge in [-0.1, -0.05) is 31.1 Å². The summed E-state index contributed by atoms with van der Waals surface area (Å²) in [6.45, 7) is 12.3. The summed E-state index contributed by atoms with van der Waals surface area (Å²) in [4.78, 5) is 0. The zero-order valence-electron chi connectivity index (χ0n) is 12.2. The summed E-state index contributed by atoms with van der Waals surface area (Å²) in [5, 5.41) is 0. The maximum absolute atomic E-state index is 6.20. The van der Waals surface area contributed by atoms with Crippen LogP contribution in [0.4, 0.5) is 0 Å². The lowest BCUT2D eigenvalue weighted by Crippen LogP contribution is -2.38. The van der Waals surface area contributed by atoms with E-state index in [0.29, 0.717) is 13.2 Å². The van der Waals surface area contributed by atoms with Crippen LogP contribution in [0.5, 0.6) is 0 Å². The van der Waals surface area contributed by atoms with E-state index >= 15 is 0 Å². The van der Waals surface area contributed by atoms with Gasteiger partial charge in [-0.25, -0.2) is 0 Å². The Morgan fingerprint density at radius 1 is 1.22 bits per heavy atom. The smallest absolute Gasteiger partial charge is 0.409 e. The van der Waals surface area contributed by atoms with Gasteiger partial charge in [-0.3, -0.25) is 0 Å². The Hall–Kier alpha value is -0.358. The Balaban J connectivity index is 2.50. The highest BCUT2D eigenvalue weighted by molar-refractivity contribution is 6.69. The van der Waals surface area contributed by atoms with Gasteiger partial charge in [-0.05, 0) is 33.0 Å². The van der Waals surface area contributed by atoms with Crippen molar-refractivity contribution in [1.82, 2.24) is 0 Å². The molecule has 0 bridgehead atoms. The van der Waals surface area contributed by atoms with Crippen LogP contribution in [0.15, 0.2) is 24.2 Å². The van der Waals surface area contributed by atoms with Crippen LogP contribution in [-0.2, 0) is 13.7 Å². The fourth-order valence-electron chi connectivity index (χ4n) is 1.83. The first-order valence-corrected chi connectivity index (χ1v) is 10.0. The minimum atomic E-state index is -1.52. The SMILES string of the molecule is CCC(C)(/C=C/C=C/B1OCCO1)O[Si](C)(C)C. The van der Waals surface area contributed by atoms with Crippen LogP contribution < -0.4 is 0 Å². The number of hydrogen-bond donors (Lipinski definition) is 0. The summed E-state index contributed by atoms with van der Waals surface area (Å²) >= 11 is 0. The van der Waals surface area contributed by atoms with E-state index in [0.717, 1.165) is 6.42 Å². The Kier molecular flexibility index (Phi) is 5.85. The van der Waals surface area contributed by atoms with E-state index in [1.807, 2.05) is 18.1 Å². The quantitative estimate of drug-likeness (QED) is 0.547. The molecule has 1 aliphatic heterocycles. The second-order valence-corrected chi connectivity index (χ2v) is 10.2. The molecule has 1 rings (SSSR count). The molecule has 0 aliphatic carbocycles. The second-order valence-electron chi connectivity index (χ2n) is 5.73. The van der Waals surface area contributed by atoms with Gasteiger partial charge < -0.3 is 13.7 Å². The van der Waals surface area contributed by atoms with E-state index < -0.39 is 8.32 Å². The minimum absolute atomic E-state index is 0.174. The molecule has 0 aromatic rings. The van der Waals surface area contributed by atoms with Gasteiger partial charge in [0.1, 0.15) is 0 Å². The standard InChI is InChI=1S/C13H25BO3Si/c1-6-13(2,17-18(3,4)5)9-7-8-10-14-15-11-12-16-14/h7-10H,6,11-12H2,1-5H3/b9-7+,10-8+. The van der Waals surface area contributed by atoms with Crippen molar-refractivity contribution < 1.29 is 13.7 Å². The highest BCUT2D eigenvalue weighted by atomic mass is 28.4. The molecule has 1 aliphatic rings. The second kappa shape index (κ2) is 6.71. The number of hydrogen-bond acceptors (Lipinski definition) is 3. The van der Waals surface area contributed by atoms with Crippen LogP contribution >= 0.6 is 0 Å². The number of allylic oxidation sites excluding steroid dienone is 2. The van der Waals surface area contributed by atoms with Crippen LogP contribution in [0.3, 0.4) is 0 Å². The van der Waals surface area contributed by atoms with Crippen molar-refractivity contribution >= 4 is 15.4 Å². The normalized spacial score (nSPS) is 21.1. The maximum atomic E-state index is 6.20. The van der Waals surface area contributed by atoms with Gasteiger partial charge in [-0.15, -0.1) is 0 Å². The molecular weight excluding hydrogens is 243 g/mol. The Bertz CT molecular complexity index is 306. The molecule has 0 aromatic carbocycles. The summed E-state index contributed by atoms with van der Waals surface area (Å²) in [7, 11) is -1.70. The summed E-state index contributed by atoms with van der Waals surface area (Å²) in [5.41, 5.74) is -0.174. The molecule has 0 N–H and O–H groups in total. The highest BCUT2D eigenvalue weighted by Crippen LogP contribution is 2.22. The molecule has 18 heavy (non-hydrogen) atoms. The summed E-state index contributed by atoms with van der Waals surface area (Å²) in [6.07, 6.45) is 7.08. The average molecular weight is 268 g/mol. The lowest BCUT2D eigenvalue weighted by Gasteiger charge is -2.33. The predicted molar refractivity (Wildman–Crippen MR) is 79.1 cm³/mol. The highest BCUT2D eigenvalue weighted by Gasteiger charge is 2.27. The molecule has 0 saturated carbocycles. The van der Waals surface area contributed by atoms with Crippen LogP contribution in [0, 0.1) is 0 Å². The first kappa shape index (κ1) is 15.7. The lowest BCUT2D eigenvalue weighted by molar-refractivity contribution is 0.128. The molecular formula is C13H25BO3Si. The van der Waals surface area contributed by atoms with Gasteiger partial charge in [0.25, 0.3) is 0 Å². The Labute approximate surface area is 112 Å². The molecule has 1 fully saturated rings. The summed E-state index contributed by atoms with van der Waals surface area (Å²) < 4.78 is 16.9. The topological polar surface area (TPSA) is 27.7 Å². The number of rotatable bonds is 6. The van der Waals surface area contributed by atoms with Crippen molar-refractivity contribution in [3.05, 3.63) is 24.2 Å². The summed E-state index contributed by atoms with van der Waals surface area (Å²) in [6, 6.07) is 0. The third-order valence-electron chi connectivity index (χ3n) is 2.72. The fraction of sp³-hybridized carbons (Fsp3) is 0.692. The van der Waals surface area contributed by atoms with Crippen LogP contribution in [-0.4, -0.2) is 34.3 Å². The molecule has 0 radical (unpaired) electrons. The largest absolute Gasteiger partial charge is 0.486 e. The molecule has 1 atom stereocenters. The van der Waals surface area contributed by atoms with Gasteiger partial charge >= 0.3 is 7.12 Å². The van der Waals surface area contributed by atoms with Gasteiger partial charge in [0.15, 0.2) is 8.32 Å². The Morgan fingerprint density at radius 3 is 2.33 bits per heavy atom. The lowest BCUT2D eigenvalue weighted by atomic mass is 9.90. The van der Waals surface area contributed by atoms with Crippen LogP contribution in [0.1, 0.15) is 20.3 Å². The van der Waals surface area contributed by atoms with Crippen molar-refractivity contribution in [2.24, 2.45) is 0 Å². The van der Waals surface area contributed by atoms with Crippen molar-refractivity contribution in [2.75, 3.05) is 13.2 Å². The molecule has 0 aromatic heterocycles. The van der Waals surface area contributed by atoms with Gasteiger partial charge in [0.2, 0.25) is 0 Å². The molecule has 0 amide bonds. The van der Waals surface area contributed by atoms with E-state index in [9.17, 15) is 0 Å². The fourth-order valence-corrected chi connectivity index (χ4v) is 3.44. The van der Waals surface area contributed by atoms with E-state index in [1.165, 1.54) is 0 Å². The van der Waals surface area contributed by atoms with Gasteiger partial charge in [-0.2, -0.15) is 0 Å². The predicted octanol–water partition coefficient (Wildman–Crippen LogP) is 3.19. The molecule has 1 saturated heterocycles. The average Bonchev–Trinajstić information content (AvgIpc) is 2.75. The third kappa shape index (κ3) is 6.00. The molecule has 102 valence electrons. The van der Waals surface area contributed by atoms with Gasteiger partial charge in [0.05, 0.1) is 18.8 Å². The molecule has 1 heterocycles. The van der Waals surface area contributed by atoms with Crippen LogP contribution in [0.2, 0.25) is 19.6 Å². The van der Waals surface area contributed by atoms with E-state index in [2.05, 4.69) is 39.6 Å². The van der Waals surface area contributed by atoms with E-state index in [1.54, 1.807) is 0 Å².